The van der Waals surface area contributed by atoms with Crippen molar-refractivity contribution >= 4 is 0 Å². The van der Waals surface area contributed by atoms with Gasteiger partial charge in [0, 0.05) is 11.6 Å². The van der Waals surface area contributed by atoms with Crippen LogP contribution in [-0.2, 0) is 0 Å². The number of rotatable bonds is 4. The van der Waals surface area contributed by atoms with E-state index in [-0.39, 0.29) is 0 Å². The second-order valence-electron chi connectivity index (χ2n) is 8.09. The standard InChI is InChI=1S/C21H31NO2/c1-23-19-5-6-21(24-2)20(14-19)17-7-9-22(10-8-17)18-12-15-3-4-16(11-15)13-18/h5-6,14-18H,3-4,7-13H2,1-2H3. The molecule has 0 amide bonds. The zero-order valence-electron chi connectivity index (χ0n) is 15.2. The molecule has 2 saturated carbocycles. The van der Waals surface area contributed by atoms with Crippen LogP contribution >= 0.6 is 0 Å². The Bertz CT molecular complexity index is 553. The molecular weight excluding hydrogens is 298 g/mol. The van der Waals surface area contributed by atoms with Gasteiger partial charge < -0.3 is 14.4 Å². The van der Waals surface area contributed by atoms with Crippen molar-refractivity contribution in [1.29, 1.82) is 0 Å². The molecule has 24 heavy (non-hydrogen) atoms. The summed E-state index contributed by atoms with van der Waals surface area (Å²) in [6.45, 7) is 2.49. The number of benzene rings is 1. The number of piperidine rings is 1. The predicted octanol–water partition coefficient (Wildman–Crippen LogP) is 4.46. The molecule has 132 valence electrons. The van der Waals surface area contributed by atoms with Gasteiger partial charge in [-0.3, -0.25) is 0 Å². The predicted molar refractivity (Wildman–Crippen MR) is 96.9 cm³/mol. The highest BCUT2D eigenvalue weighted by Crippen LogP contribution is 2.45. The fourth-order valence-corrected chi connectivity index (χ4v) is 5.50. The maximum Gasteiger partial charge on any atom is 0.122 e. The average molecular weight is 329 g/mol. The summed E-state index contributed by atoms with van der Waals surface area (Å²) >= 11 is 0. The molecule has 0 spiro atoms. The molecule has 1 aliphatic heterocycles. The third-order valence-corrected chi connectivity index (χ3v) is 6.78. The number of likely N-dealkylation sites (tertiary alicyclic amines) is 1. The van der Waals surface area contributed by atoms with E-state index >= 15 is 0 Å². The molecule has 1 aromatic carbocycles. The van der Waals surface area contributed by atoms with Gasteiger partial charge in [0.2, 0.25) is 0 Å². The van der Waals surface area contributed by atoms with Gasteiger partial charge in [0.05, 0.1) is 14.2 Å². The monoisotopic (exact) mass is 329 g/mol. The van der Waals surface area contributed by atoms with Crippen molar-refractivity contribution in [2.45, 2.75) is 56.9 Å². The van der Waals surface area contributed by atoms with Crippen LogP contribution in [-0.4, -0.2) is 38.3 Å². The van der Waals surface area contributed by atoms with Crippen molar-refractivity contribution in [3.8, 4) is 11.5 Å². The van der Waals surface area contributed by atoms with Gasteiger partial charge in [-0.2, -0.15) is 0 Å². The number of fused-ring (bicyclic) bond motifs is 2. The van der Waals surface area contributed by atoms with E-state index in [1.165, 1.54) is 63.6 Å². The van der Waals surface area contributed by atoms with E-state index < -0.39 is 0 Å². The Hall–Kier alpha value is -1.22. The third-order valence-electron chi connectivity index (χ3n) is 6.78. The Balaban J connectivity index is 1.41. The number of hydrogen-bond donors (Lipinski definition) is 0. The quantitative estimate of drug-likeness (QED) is 0.814. The molecule has 0 aromatic heterocycles. The minimum absolute atomic E-state index is 0.603. The van der Waals surface area contributed by atoms with E-state index in [4.69, 9.17) is 9.47 Å². The Morgan fingerprint density at radius 3 is 2.21 bits per heavy atom. The van der Waals surface area contributed by atoms with E-state index in [1.54, 1.807) is 14.2 Å². The third kappa shape index (κ3) is 3.15. The molecule has 2 atom stereocenters. The Kier molecular flexibility index (Phi) is 4.71. The molecule has 3 aliphatic rings. The van der Waals surface area contributed by atoms with E-state index in [2.05, 4.69) is 17.0 Å². The summed E-state index contributed by atoms with van der Waals surface area (Å²) in [6.07, 6.45) is 9.93. The van der Waals surface area contributed by atoms with E-state index in [1.807, 2.05) is 6.07 Å². The fraction of sp³-hybridized carbons (Fsp3) is 0.714. The SMILES string of the molecule is COc1ccc(OC)c(C2CCN(C3CC4CCC(C4)C3)CC2)c1. The lowest BCUT2D eigenvalue weighted by Crippen LogP contribution is -2.43. The highest BCUT2D eigenvalue weighted by molar-refractivity contribution is 5.42. The molecule has 1 aromatic rings. The van der Waals surface area contributed by atoms with Crippen LogP contribution in [0.25, 0.3) is 0 Å². The van der Waals surface area contributed by atoms with Crippen LogP contribution in [0, 0.1) is 11.8 Å². The normalized spacial score (nSPS) is 31.2. The van der Waals surface area contributed by atoms with Crippen LogP contribution in [0.1, 0.15) is 56.4 Å². The van der Waals surface area contributed by atoms with Crippen molar-refractivity contribution in [3.63, 3.8) is 0 Å². The molecule has 2 unspecified atom stereocenters. The van der Waals surface area contributed by atoms with Crippen molar-refractivity contribution < 1.29 is 9.47 Å². The maximum absolute atomic E-state index is 5.61. The Morgan fingerprint density at radius 1 is 0.875 bits per heavy atom. The summed E-state index contributed by atoms with van der Waals surface area (Å²) in [4.78, 5) is 2.80. The molecule has 2 aliphatic carbocycles. The zero-order chi connectivity index (χ0) is 16.5. The average Bonchev–Trinajstić information content (AvgIpc) is 2.99. The van der Waals surface area contributed by atoms with Gasteiger partial charge in [0.15, 0.2) is 0 Å². The molecule has 0 radical (unpaired) electrons. The molecule has 1 saturated heterocycles. The highest BCUT2D eigenvalue weighted by atomic mass is 16.5. The summed E-state index contributed by atoms with van der Waals surface area (Å²) in [5.41, 5.74) is 1.33. The van der Waals surface area contributed by atoms with Gasteiger partial charge in [0.25, 0.3) is 0 Å². The highest BCUT2D eigenvalue weighted by Gasteiger charge is 2.37. The van der Waals surface area contributed by atoms with Crippen molar-refractivity contribution in [1.82, 2.24) is 4.90 Å². The van der Waals surface area contributed by atoms with E-state index in [9.17, 15) is 0 Å². The van der Waals surface area contributed by atoms with Crippen LogP contribution in [0.4, 0.5) is 0 Å². The van der Waals surface area contributed by atoms with Crippen molar-refractivity contribution in [3.05, 3.63) is 23.8 Å². The second-order valence-corrected chi connectivity index (χ2v) is 8.09. The first kappa shape index (κ1) is 16.3. The molecule has 3 heteroatoms. The van der Waals surface area contributed by atoms with Crippen LogP contribution in [0.15, 0.2) is 18.2 Å². The maximum atomic E-state index is 5.61. The van der Waals surface area contributed by atoms with Gasteiger partial charge in [-0.25, -0.2) is 0 Å². The van der Waals surface area contributed by atoms with Crippen LogP contribution in [0.2, 0.25) is 0 Å². The van der Waals surface area contributed by atoms with Crippen LogP contribution in [0.5, 0.6) is 11.5 Å². The summed E-state index contributed by atoms with van der Waals surface area (Å²) < 4.78 is 11.0. The largest absolute Gasteiger partial charge is 0.497 e. The topological polar surface area (TPSA) is 21.7 Å². The first-order valence-electron chi connectivity index (χ1n) is 9.72. The first-order valence-corrected chi connectivity index (χ1v) is 9.72. The zero-order valence-corrected chi connectivity index (χ0v) is 15.2. The summed E-state index contributed by atoms with van der Waals surface area (Å²) in [7, 11) is 3.52. The Labute approximate surface area is 146 Å². The summed E-state index contributed by atoms with van der Waals surface area (Å²) in [6, 6.07) is 7.10. The Morgan fingerprint density at radius 2 is 1.58 bits per heavy atom. The molecule has 3 fully saturated rings. The van der Waals surface area contributed by atoms with Gasteiger partial charge in [0.1, 0.15) is 11.5 Å². The molecule has 4 rings (SSSR count). The van der Waals surface area contributed by atoms with Gasteiger partial charge >= 0.3 is 0 Å². The van der Waals surface area contributed by atoms with E-state index in [0.29, 0.717) is 5.92 Å². The number of methoxy groups -OCH3 is 2. The lowest BCUT2D eigenvalue weighted by atomic mass is 9.82. The number of ether oxygens (including phenoxy) is 2. The molecule has 2 bridgehead atoms. The molecule has 1 heterocycles. The van der Waals surface area contributed by atoms with Gasteiger partial charge in [-0.05, 0) is 81.1 Å². The van der Waals surface area contributed by atoms with Crippen molar-refractivity contribution in [2.24, 2.45) is 11.8 Å². The molecule has 3 nitrogen and oxygen atoms in total. The minimum Gasteiger partial charge on any atom is -0.497 e. The number of hydrogen-bond acceptors (Lipinski definition) is 3. The lowest BCUT2D eigenvalue weighted by Gasteiger charge is -2.41. The van der Waals surface area contributed by atoms with E-state index in [0.717, 1.165) is 29.4 Å². The summed E-state index contributed by atoms with van der Waals surface area (Å²) in [5.74, 6) is 4.63. The number of nitrogens with zero attached hydrogens (tertiary/aromatic N) is 1. The van der Waals surface area contributed by atoms with Crippen LogP contribution < -0.4 is 9.47 Å². The molecule has 0 N–H and O–H groups in total. The smallest absolute Gasteiger partial charge is 0.122 e. The first-order chi connectivity index (χ1) is 11.8. The van der Waals surface area contributed by atoms with Gasteiger partial charge in [-0.1, -0.05) is 12.8 Å². The van der Waals surface area contributed by atoms with Crippen LogP contribution in [0.3, 0.4) is 0 Å². The minimum atomic E-state index is 0.603. The lowest BCUT2D eigenvalue weighted by molar-refractivity contribution is 0.0980. The van der Waals surface area contributed by atoms with Crippen molar-refractivity contribution in [2.75, 3.05) is 27.3 Å². The van der Waals surface area contributed by atoms with Gasteiger partial charge in [-0.15, -0.1) is 0 Å². The second kappa shape index (κ2) is 6.95. The fourth-order valence-electron chi connectivity index (χ4n) is 5.50. The summed E-state index contributed by atoms with van der Waals surface area (Å²) in [5, 5.41) is 0. The molecular formula is C21H31NO2.